The predicted octanol–water partition coefficient (Wildman–Crippen LogP) is 4.02. The monoisotopic (exact) mass is 470 g/mol. The van der Waals surface area contributed by atoms with Crippen molar-refractivity contribution in [2.45, 2.75) is 11.8 Å². The number of anilines is 2. The van der Waals surface area contributed by atoms with Crippen LogP contribution in [0.2, 0.25) is 0 Å². The number of hydrazine groups is 1. The van der Waals surface area contributed by atoms with E-state index in [0.29, 0.717) is 0 Å². The number of carbonyl (C=O) groups is 1. The van der Waals surface area contributed by atoms with Crippen molar-refractivity contribution in [1.82, 2.24) is 9.91 Å². The minimum absolute atomic E-state index is 0.127. The van der Waals surface area contributed by atoms with Gasteiger partial charge in [-0.3, -0.25) is 9.69 Å². The molecule has 0 bridgehead atoms. The first kappa shape index (κ1) is 23.4. The zero-order valence-electron chi connectivity index (χ0n) is 20.9. The Morgan fingerprint density at radius 2 is 1.46 bits per heavy atom. The van der Waals surface area contributed by atoms with Gasteiger partial charge in [-0.05, 0) is 42.3 Å². The van der Waals surface area contributed by atoms with Gasteiger partial charge in [0.05, 0.1) is 18.5 Å². The predicted molar refractivity (Wildman–Crippen MR) is 141 cm³/mol. The van der Waals surface area contributed by atoms with E-state index >= 15 is 0 Å². The molecular weight excluding hydrogens is 436 g/mol. The summed E-state index contributed by atoms with van der Waals surface area (Å²) in [7, 11) is 5.60. The lowest BCUT2D eigenvalue weighted by Crippen LogP contribution is -2.50. The molecule has 1 amide bonds. The average molecular weight is 471 g/mol. The van der Waals surface area contributed by atoms with E-state index in [0.717, 1.165) is 67.4 Å². The van der Waals surface area contributed by atoms with Crippen LogP contribution in [0.3, 0.4) is 0 Å². The number of para-hydroxylation sites is 3. The molecule has 1 atom stereocenters. The van der Waals surface area contributed by atoms with Crippen LogP contribution in [-0.2, 0) is 10.2 Å². The summed E-state index contributed by atoms with van der Waals surface area (Å²) in [6.45, 7) is 4.64. The van der Waals surface area contributed by atoms with E-state index in [1.807, 2.05) is 60.5 Å². The minimum Gasteiger partial charge on any atom is -0.495 e. The number of methoxy groups -OCH3 is 1. The largest absolute Gasteiger partial charge is 0.495 e. The SMILES string of the molecule is COc1ccccc1N1CCN(CCC2(c3ccccc3)C(=O)N(N(C)C)c3ccccc32)CC1. The van der Waals surface area contributed by atoms with Gasteiger partial charge in [0.15, 0.2) is 0 Å². The molecule has 0 saturated carbocycles. The third kappa shape index (κ3) is 4.07. The highest BCUT2D eigenvalue weighted by atomic mass is 16.5. The number of rotatable bonds is 7. The van der Waals surface area contributed by atoms with E-state index in [4.69, 9.17) is 4.74 Å². The molecule has 0 radical (unpaired) electrons. The summed E-state index contributed by atoms with van der Waals surface area (Å²) in [6, 6.07) is 26.8. The number of piperazine rings is 1. The molecule has 6 nitrogen and oxygen atoms in total. The lowest BCUT2D eigenvalue weighted by Gasteiger charge is -2.38. The van der Waals surface area contributed by atoms with Gasteiger partial charge in [0.1, 0.15) is 11.2 Å². The molecule has 2 heterocycles. The fraction of sp³-hybridized carbons (Fsp3) is 0.345. The van der Waals surface area contributed by atoms with Gasteiger partial charge in [-0.25, -0.2) is 10.0 Å². The maximum absolute atomic E-state index is 14.2. The topological polar surface area (TPSA) is 39.3 Å². The lowest BCUT2D eigenvalue weighted by molar-refractivity contribution is -0.124. The molecule has 1 fully saturated rings. The molecule has 0 N–H and O–H groups in total. The van der Waals surface area contributed by atoms with Crippen molar-refractivity contribution < 1.29 is 9.53 Å². The van der Waals surface area contributed by atoms with Crippen molar-refractivity contribution in [3.05, 3.63) is 90.0 Å². The summed E-state index contributed by atoms with van der Waals surface area (Å²) in [5.41, 5.74) is 3.60. The van der Waals surface area contributed by atoms with Crippen LogP contribution in [0.4, 0.5) is 11.4 Å². The van der Waals surface area contributed by atoms with Crippen LogP contribution in [0.1, 0.15) is 17.5 Å². The van der Waals surface area contributed by atoms with Crippen molar-refractivity contribution in [2.75, 3.05) is 63.8 Å². The highest BCUT2D eigenvalue weighted by Crippen LogP contribution is 2.48. The molecule has 35 heavy (non-hydrogen) atoms. The molecule has 6 heteroatoms. The summed E-state index contributed by atoms with van der Waals surface area (Å²) in [5, 5.41) is 3.74. The number of ether oxygens (including phenoxy) is 1. The maximum Gasteiger partial charge on any atom is 0.256 e. The number of benzene rings is 3. The molecule has 0 aliphatic carbocycles. The Kier molecular flexibility index (Phi) is 6.50. The van der Waals surface area contributed by atoms with Crippen LogP contribution >= 0.6 is 0 Å². The van der Waals surface area contributed by atoms with Gasteiger partial charge < -0.3 is 9.64 Å². The molecule has 3 aromatic rings. The van der Waals surface area contributed by atoms with Crippen LogP contribution in [-0.4, -0.2) is 69.7 Å². The van der Waals surface area contributed by atoms with Gasteiger partial charge in [-0.2, -0.15) is 0 Å². The number of carbonyl (C=O) groups excluding carboxylic acids is 1. The van der Waals surface area contributed by atoms with Gasteiger partial charge in [-0.1, -0.05) is 60.7 Å². The number of hydrogen-bond donors (Lipinski definition) is 0. The summed E-state index contributed by atoms with van der Waals surface area (Å²) >= 11 is 0. The van der Waals surface area contributed by atoms with E-state index in [-0.39, 0.29) is 5.91 Å². The Labute approximate surface area is 208 Å². The van der Waals surface area contributed by atoms with E-state index in [9.17, 15) is 4.79 Å². The van der Waals surface area contributed by atoms with E-state index < -0.39 is 5.41 Å². The summed E-state index contributed by atoms with van der Waals surface area (Å²) in [6.07, 6.45) is 0.742. The number of fused-ring (bicyclic) bond motifs is 1. The third-order valence-corrected chi connectivity index (χ3v) is 7.42. The second-order valence-corrected chi connectivity index (χ2v) is 9.50. The van der Waals surface area contributed by atoms with Gasteiger partial charge in [0.2, 0.25) is 0 Å². The fourth-order valence-corrected chi connectivity index (χ4v) is 5.64. The molecule has 0 spiro atoms. The third-order valence-electron chi connectivity index (χ3n) is 7.42. The quantitative estimate of drug-likeness (QED) is 0.522. The van der Waals surface area contributed by atoms with Gasteiger partial charge in [0.25, 0.3) is 5.91 Å². The maximum atomic E-state index is 14.2. The normalized spacial score (nSPS) is 20.4. The molecule has 1 unspecified atom stereocenters. The van der Waals surface area contributed by atoms with Crippen LogP contribution in [0, 0.1) is 0 Å². The zero-order chi connectivity index (χ0) is 24.4. The van der Waals surface area contributed by atoms with Crippen molar-refractivity contribution in [2.24, 2.45) is 0 Å². The van der Waals surface area contributed by atoms with Gasteiger partial charge >= 0.3 is 0 Å². The van der Waals surface area contributed by atoms with Crippen LogP contribution in [0.5, 0.6) is 5.75 Å². The summed E-state index contributed by atoms with van der Waals surface area (Å²) in [5.74, 6) is 1.04. The molecule has 2 aliphatic rings. The van der Waals surface area contributed by atoms with Crippen molar-refractivity contribution in [1.29, 1.82) is 0 Å². The second kappa shape index (κ2) is 9.72. The number of amides is 1. The van der Waals surface area contributed by atoms with E-state index in [1.54, 1.807) is 7.11 Å². The number of nitrogens with zero attached hydrogens (tertiary/aromatic N) is 4. The molecular formula is C29H34N4O2. The molecule has 5 rings (SSSR count). The Balaban J connectivity index is 1.39. The van der Waals surface area contributed by atoms with Gasteiger partial charge in [-0.15, -0.1) is 0 Å². The van der Waals surface area contributed by atoms with E-state index in [2.05, 4.69) is 52.3 Å². The minimum atomic E-state index is -0.693. The molecule has 1 saturated heterocycles. The first-order valence-corrected chi connectivity index (χ1v) is 12.3. The summed E-state index contributed by atoms with van der Waals surface area (Å²) in [4.78, 5) is 19.0. The highest BCUT2D eigenvalue weighted by Gasteiger charge is 2.52. The standard InChI is InChI=1S/C29H34N4O2/c1-30(2)33-25-14-8-7-13-24(25)29(28(33)34,23-11-5-4-6-12-23)17-18-31-19-21-32(22-20-31)26-15-9-10-16-27(26)35-3/h4-16H,17-22H2,1-3H3. The fourth-order valence-electron chi connectivity index (χ4n) is 5.64. The molecule has 3 aromatic carbocycles. The molecule has 0 aromatic heterocycles. The van der Waals surface area contributed by atoms with Crippen LogP contribution in [0.25, 0.3) is 0 Å². The first-order valence-electron chi connectivity index (χ1n) is 12.3. The van der Waals surface area contributed by atoms with Crippen molar-refractivity contribution >= 4 is 17.3 Å². The van der Waals surface area contributed by atoms with E-state index in [1.165, 1.54) is 0 Å². The zero-order valence-corrected chi connectivity index (χ0v) is 20.9. The highest BCUT2D eigenvalue weighted by molar-refractivity contribution is 6.09. The van der Waals surface area contributed by atoms with Crippen molar-refractivity contribution in [3.63, 3.8) is 0 Å². The Morgan fingerprint density at radius 1 is 0.829 bits per heavy atom. The van der Waals surface area contributed by atoms with Crippen LogP contribution < -0.4 is 14.6 Å². The lowest BCUT2D eigenvalue weighted by atomic mass is 9.72. The van der Waals surface area contributed by atoms with Crippen LogP contribution in [0.15, 0.2) is 78.9 Å². The Hall–Kier alpha value is -3.35. The number of hydrogen-bond acceptors (Lipinski definition) is 5. The first-order chi connectivity index (χ1) is 17.1. The Bertz CT molecular complexity index is 1170. The molecule has 182 valence electrons. The smallest absolute Gasteiger partial charge is 0.256 e. The van der Waals surface area contributed by atoms with Crippen molar-refractivity contribution in [3.8, 4) is 5.75 Å². The van der Waals surface area contributed by atoms with Gasteiger partial charge in [0, 0.05) is 40.3 Å². The molecule has 2 aliphatic heterocycles. The second-order valence-electron chi connectivity index (χ2n) is 9.50. The summed E-state index contributed by atoms with van der Waals surface area (Å²) < 4.78 is 5.58. The Morgan fingerprint density at radius 3 is 2.14 bits per heavy atom. The average Bonchev–Trinajstić information content (AvgIpc) is 3.16.